The van der Waals surface area contributed by atoms with Crippen molar-refractivity contribution in [3.8, 4) is 0 Å². The number of hydrogen-bond donors (Lipinski definition) is 1. The normalized spacial score (nSPS) is 20.3. The van der Waals surface area contributed by atoms with Gasteiger partial charge in [0.25, 0.3) is 0 Å². The topological polar surface area (TPSA) is 55.6 Å². The van der Waals surface area contributed by atoms with Crippen molar-refractivity contribution in [2.75, 3.05) is 5.32 Å². The van der Waals surface area contributed by atoms with Crippen LogP contribution in [0.2, 0.25) is 0 Å². The van der Waals surface area contributed by atoms with E-state index in [1.54, 1.807) is 0 Å². The zero-order chi connectivity index (χ0) is 18.8. The van der Waals surface area contributed by atoms with Gasteiger partial charge in [-0.15, -0.1) is 5.10 Å². The second-order valence-corrected chi connectivity index (χ2v) is 8.53. The summed E-state index contributed by atoms with van der Waals surface area (Å²) in [7, 11) is 0. The summed E-state index contributed by atoms with van der Waals surface area (Å²) in [5.74, 6) is 1.05. The fraction of sp³-hybridized carbons (Fsp3) is 0.522. The van der Waals surface area contributed by atoms with E-state index in [9.17, 15) is 0 Å². The highest BCUT2D eigenvalue weighted by atomic mass is 15.6. The maximum atomic E-state index is 4.60. The summed E-state index contributed by atoms with van der Waals surface area (Å²) in [6.45, 7) is 0. The zero-order valence-electron chi connectivity index (χ0n) is 16.5. The number of nitrogens with one attached hydrogen (secondary N) is 1. The Morgan fingerprint density at radius 3 is 2.46 bits per heavy atom. The highest BCUT2D eigenvalue weighted by Crippen LogP contribution is 2.42. The Bertz CT molecular complexity index is 930. The van der Waals surface area contributed by atoms with E-state index in [4.69, 9.17) is 0 Å². The quantitative estimate of drug-likeness (QED) is 0.644. The molecule has 2 aromatic carbocycles. The molecule has 0 atom stereocenters. The average molecular weight is 376 g/mol. The Morgan fingerprint density at radius 2 is 1.61 bits per heavy atom. The fourth-order valence-corrected chi connectivity index (χ4v) is 5.23. The molecule has 146 valence electrons. The molecule has 0 spiro atoms. The monoisotopic (exact) mass is 375 g/mol. The third-order valence-electron chi connectivity index (χ3n) is 6.71. The largest absolute Gasteiger partial charge is 0.372 e. The number of hydrogen-bond acceptors (Lipinski definition) is 4. The molecule has 0 unspecified atom stereocenters. The third-order valence-corrected chi connectivity index (χ3v) is 6.71. The highest BCUT2D eigenvalue weighted by Gasteiger charge is 2.40. The summed E-state index contributed by atoms with van der Waals surface area (Å²) in [4.78, 5) is 0. The van der Waals surface area contributed by atoms with E-state index in [1.807, 2.05) is 0 Å². The number of tetrazole rings is 1. The molecule has 1 N–H and O–H groups in total. The van der Waals surface area contributed by atoms with Crippen LogP contribution < -0.4 is 5.32 Å². The van der Waals surface area contributed by atoms with Crippen molar-refractivity contribution in [2.45, 2.75) is 75.8 Å². The SMILES string of the molecule is c1ccc2c(NC3(c4nnnn4C4CCCCC4)CCCCC3)cccc2c1. The lowest BCUT2D eigenvalue weighted by atomic mass is 9.80. The molecule has 2 saturated carbocycles. The molecular formula is C23H29N5. The van der Waals surface area contributed by atoms with E-state index in [0.717, 1.165) is 18.7 Å². The van der Waals surface area contributed by atoms with Crippen molar-refractivity contribution in [3.05, 3.63) is 48.3 Å². The van der Waals surface area contributed by atoms with Crippen LogP contribution in [0.4, 0.5) is 5.69 Å². The van der Waals surface area contributed by atoms with Crippen LogP contribution in [0.3, 0.4) is 0 Å². The molecule has 28 heavy (non-hydrogen) atoms. The van der Waals surface area contributed by atoms with Crippen LogP contribution in [0, 0.1) is 0 Å². The van der Waals surface area contributed by atoms with Gasteiger partial charge in [-0.25, -0.2) is 4.68 Å². The average Bonchev–Trinajstić information content (AvgIpc) is 3.26. The fourth-order valence-electron chi connectivity index (χ4n) is 5.23. The summed E-state index contributed by atoms with van der Waals surface area (Å²) in [6, 6.07) is 15.6. The van der Waals surface area contributed by atoms with Gasteiger partial charge in [-0.2, -0.15) is 0 Å². The molecule has 2 fully saturated rings. The maximum Gasteiger partial charge on any atom is 0.177 e. The smallest absolute Gasteiger partial charge is 0.177 e. The first-order valence-corrected chi connectivity index (χ1v) is 10.9. The van der Waals surface area contributed by atoms with Gasteiger partial charge in [0.2, 0.25) is 0 Å². The molecule has 0 radical (unpaired) electrons. The van der Waals surface area contributed by atoms with Crippen LogP contribution in [-0.4, -0.2) is 20.2 Å². The third kappa shape index (κ3) is 3.17. The molecule has 2 aliphatic rings. The number of anilines is 1. The Hall–Kier alpha value is -2.43. The van der Waals surface area contributed by atoms with Crippen LogP contribution >= 0.6 is 0 Å². The Balaban J connectivity index is 1.56. The standard InChI is InChI=1S/C23H29N5/c1-3-12-19(13-4-1)28-22(25-26-27-28)23(16-7-2-8-17-23)24-21-15-9-11-18-10-5-6-14-20(18)21/h5-6,9-11,14-15,19,24H,1-4,7-8,12-13,16-17H2. The van der Waals surface area contributed by atoms with E-state index in [2.05, 4.69) is 68.0 Å². The van der Waals surface area contributed by atoms with Gasteiger partial charge in [-0.05, 0) is 47.6 Å². The Labute approximate surface area is 166 Å². The Kier molecular flexibility index (Phi) is 4.75. The minimum Gasteiger partial charge on any atom is -0.372 e. The molecule has 1 aromatic heterocycles. The summed E-state index contributed by atoms with van der Waals surface area (Å²) in [6.07, 6.45) is 12.2. The molecule has 0 bridgehead atoms. The van der Waals surface area contributed by atoms with Crippen molar-refractivity contribution in [1.82, 2.24) is 20.2 Å². The second-order valence-electron chi connectivity index (χ2n) is 8.53. The first-order chi connectivity index (χ1) is 13.9. The minimum atomic E-state index is -0.177. The minimum absolute atomic E-state index is 0.177. The number of benzene rings is 2. The number of rotatable bonds is 4. The predicted octanol–water partition coefficient (Wildman–Crippen LogP) is 5.60. The van der Waals surface area contributed by atoms with E-state index in [-0.39, 0.29) is 5.54 Å². The van der Waals surface area contributed by atoms with E-state index < -0.39 is 0 Å². The van der Waals surface area contributed by atoms with Crippen LogP contribution in [0.5, 0.6) is 0 Å². The Morgan fingerprint density at radius 1 is 0.857 bits per heavy atom. The van der Waals surface area contributed by atoms with Gasteiger partial charge >= 0.3 is 0 Å². The van der Waals surface area contributed by atoms with Crippen LogP contribution in [0.15, 0.2) is 42.5 Å². The first-order valence-electron chi connectivity index (χ1n) is 10.9. The number of fused-ring (bicyclic) bond motifs is 1. The van der Waals surface area contributed by atoms with Crippen molar-refractivity contribution >= 4 is 16.5 Å². The second kappa shape index (κ2) is 7.53. The molecule has 0 saturated heterocycles. The molecule has 5 rings (SSSR count). The molecule has 5 nitrogen and oxygen atoms in total. The van der Waals surface area contributed by atoms with E-state index in [0.29, 0.717) is 6.04 Å². The van der Waals surface area contributed by atoms with Crippen molar-refractivity contribution in [2.24, 2.45) is 0 Å². The van der Waals surface area contributed by atoms with Gasteiger partial charge in [-0.3, -0.25) is 0 Å². The maximum absolute atomic E-state index is 4.60. The molecular weight excluding hydrogens is 346 g/mol. The van der Waals surface area contributed by atoms with Crippen molar-refractivity contribution in [3.63, 3.8) is 0 Å². The zero-order valence-corrected chi connectivity index (χ0v) is 16.5. The molecule has 2 aliphatic carbocycles. The van der Waals surface area contributed by atoms with E-state index in [1.165, 1.54) is 67.8 Å². The molecule has 3 aromatic rings. The lowest BCUT2D eigenvalue weighted by molar-refractivity contribution is 0.263. The summed E-state index contributed by atoms with van der Waals surface area (Å²) >= 11 is 0. The molecule has 1 heterocycles. The van der Waals surface area contributed by atoms with Crippen LogP contribution in [0.1, 0.15) is 76.1 Å². The van der Waals surface area contributed by atoms with Gasteiger partial charge in [0.05, 0.1) is 11.6 Å². The summed E-state index contributed by atoms with van der Waals surface area (Å²) in [5, 5.41) is 19.7. The predicted molar refractivity (Wildman–Crippen MR) is 112 cm³/mol. The van der Waals surface area contributed by atoms with Crippen molar-refractivity contribution < 1.29 is 0 Å². The van der Waals surface area contributed by atoms with Gasteiger partial charge in [0.1, 0.15) is 0 Å². The summed E-state index contributed by atoms with van der Waals surface area (Å²) < 4.78 is 2.17. The van der Waals surface area contributed by atoms with Crippen LogP contribution in [-0.2, 0) is 5.54 Å². The first kappa shape index (κ1) is 17.7. The highest BCUT2D eigenvalue weighted by molar-refractivity contribution is 5.94. The lowest BCUT2D eigenvalue weighted by Gasteiger charge is -2.39. The molecule has 5 heteroatoms. The number of aromatic nitrogens is 4. The van der Waals surface area contributed by atoms with Gasteiger partial charge < -0.3 is 5.32 Å². The summed E-state index contributed by atoms with van der Waals surface area (Å²) in [5.41, 5.74) is 1.02. The molecule has 0 amide bonds. The van der Waals surface area contributed by atoms with E-state index >= 15 is 0 Å². The van der Waals surface area contributed by atoms with Gasteiger partial charge in [-0.1, -0.05) is 74.9 Å². The van der Waals surface area contributed by atoms with Gasteiger partial charge in [0, 0.05) is 11.1 Å². The van der Waals surface area contributed by atoms with Crippen molar-refractivity contribution in [1.29, 1.82) is 0 Å². The lowest BCUT2D eigenvalue weighted by Crippen LogP contribution is -2.41. The molecule has 0 aliphatic heterocycles. The number of nitrogens with zero attached hydrogens (tertiary/aromatic N) is 4. The van der Waals surface area contributed by atoms with Crippen LogP contribution in [0.25, 0.3) is 10.8 Å². The van der Waals surface area contributed by atoms with Gasteiger partial charge in [0.15, 0.2) is 5.82 Å².